The van der Waals surface area contributed by atoms with Crippen molar-refractivity contribution in [2.45, 2.75) is 0 Å². The number of nitrogens with zero attached hydrogens (tertiary/aromatic N) is 4. The van der Waals surface area contributed by atoms with E-state index in [0.717, 1.165) is 33.4 Å². The first-order chi connectivity index (χ1) is 15.9. The number of H-pyrrole nitrogens is 1. The lowest BCUT2D eigenvalue weighted by atomic mass is 10.3. The monoisotopic (exact) mass is 416 g/mol. The molecule has 6 heteroatoms. The van der Waals surface area contributed by atoms with Crippen LogP contribution in [0.3, 0.4) is 0 Å². The Bertz CT molecular complexity index is 1470. The zero-order valence-corrected chi connectivity index (χ0v) is 17.2. The fourth-order valence-electron chi connectivity index (χ4n) is 3.90. The molecule has 0 saturated carbocycles. The first kappa shape index (κ1) is 18.2. The zero-order chi connectivity index (χ0) is 21.3. The third kappa shape index (κ3) is 3.15. The quantitative estimate of drug-likeness (QED) is 0.335. The number of anilines is 3. The number of para-hydroxylation sites is 6. The predicted molar refractivity (Wildman–Crippen MR) is 129 cm³/mol. The van der Waals surface area contributed by atoms with E-state index in [0.29, 0.717) is 11.9 Å². The maximum Gasteiger partial charge on any atom is 0.228 e. The van der Waals surface area contributed by atoms with Crippen molar-refractivity contribution in [2.75, 3.05) is 10.4 Å². The molecule has 0 fully saturated rings. The van der Waals surface area contributed by atoms with E-state index in [1.807, 2.05) is 96.0 Å². The number of nitrogens with one attached hydrogen (secondary N) is 2. The summed E-state index contributed by atoms with van der Waals surface area (Å²) in [6.07, 6.45) is 0. The number of hydrogen-bond donors (Lipinski definition) is 2. The third-order valence-corrected chi connectivity index (χ3v) is 5.39. The van der Waals surface area contributed by atoms with Crippen molar-refractivity contribution < 1.29 is 0 Å². The molecule has 0 amide bonds. The number of benzene rings is 4. The highest BCUT2D eigenvalue weighted by molar-refractivity contribution is 5.83. The van der Waals surface area contributed by atoms with Gasteiger partial charge in [0.05, 0.1) is 27.8 Å². The standard InChI is InChI=1S/C26H20N6/c1-3-11-19(12-4-1)31-24-18-10-9-17-23(24)29-26(31)30-32(20-13-5-2-6-14-20)25-27-21-15-7-8-16-22(21)28-25/h1-18H,(H,27,28)(H,29,30). The number of aromatic amines is 1. The van der Waals surface area contributed by atoms with E-state index in [2.05, 4.69) is 33.2 Å². The Hall–Kier alpha value is -4.58. The molecule has 0 aliphatic rings. The molecule has 2 heterocycles. The first-order valence-corrected chi connectivity index (χ1v) is 10.5. The van der Waals surface area contributed by atoms with Crippen LogP contribution in [0, 0.1) is 0 Å². The Kier molecular flexibility index (Phi) is 4.32. The summed E-state index contributed by atoms with van der Waals surface area (Å²) in [6.45, 7) is 0. The highest BCUT2D eigenvalue weighted by Crippen LogP contribution is 2.29. The molecule has 0 bridgehead atoms. The van der Waals surface area contributed by atoms with Crippen LogP contribution in [-0.4, -0.2) is 19.5 Å². The van der Waals surface area contributed by atoms with E-state index in [4.69, 9.17) is 9.97 Å². The van der Waals surface area contributed by atoms with Crippen molar-refractivity contribution in [3.8, 4) is 5.69 Å². The maximum atomic E-state index is 4.90. The number of aromatic nitrogens is 4. The second kappa shape index (κ2) is 7.59. The van der Waals surface area contributed by atoms with Gasteiger partial charge in [0.2, 0.25) is 11.9 Å². The average molecular weight is 416 g/mol. The van der Waals surface area contributed by atoms with Crippen LogP contribution in [0.2, 0.25) is 0 Å². The number of imidazole rings is 2. The van der Waals surface area contributed by atoms with Gasteiger partial charge in [-0.05, 0) is 48.5 Å². The molecule has 0 aliphatic carbocycles. The van der Waals surface area contributed by atoms with Crippen LogP contribution >= 0.6 is 0 Å². The Balaban J connectivity index is 1.52. The summed E-state index contributed by atoms with van der Waals surface area (Å²) in [5.74, 6) is 1.38. The summed E-state index contributed by atoms with van der Waals surface area (Å²) in [4.78, 5) is 13.1. The highest BCUT2D eigenvalue weighted by Gasteiger charge is 2.19. The van der Waals surface area contributed by atoms with Crippen LogP contribution in [0.5, 0.6) is 0 Å². The molecule has 154 valence electrons. The molecule has 0 radical (unpaired) electrons. The van der Waals surface area contributed by atoms with Crippen molar-refractivity contribution >= 4 is 39.7 Å². The van der Waals surface area contributed by atoms with Crippen LogP contribution in [0.25, 0.3) is 27.8 Å². The Morgan fingerprint density at radius 2 is 1.31 bits per heavy atom. The van der Waals surface area contributed by atoms with Gasteiger partial charge in [-0.25, -0.2) is 15.0 Å². The van der Waals surface area contributed by atoms with E-state index >= 15 is 0 Å². The summed E-state index contributed by atoms with van der Waals surface area (Å²) in [5, 5.41) is 1.93. The summed E-state index contributed by atoms with van der Waals surface area (Å²) >= 11 is 0. The molecule has 0 atom stereocenters. The van der Waals surface area contributed by atoms with Crippen LogP contribution in [0.15, 0.2) is 109 Å². The van der Waals surface area contributed by atoms with E-state index in [9.17, 15) is 0 Å². The molecular formula is C26H20N6. The minimum absolute atomic E-state index is 0.684. The van der Waals surface area contributed by atoms with Gasteiger partial charge in [0, 0.05) is 5.69 Å². The normalized spacial score (nSPS) is 11.1. The summed E-state index contributed by atoms with van der Waals surface area (Å²) in [5.41, 5.74) is 9.31. The lowest BCUT2D eigenvalue weighted by Crippen LogP contribution is -2.27. The summed E-state index contributed by atoms with van der Waals surface area (Å²) < 4.78 is 2.12. The van der Waals surface area contributed by atoms with Gasteiger partial charge in [0.15, 0.2) is 0 Å². The highest BCUT2D eigenvalue weighted by atomic mass is 15.6. The van der Waals surface area contributed by atoms with Crippen molar-refractivity contribution in [2.24, 2.45) is 0 Å². The molecule has 0 spiro atoms. The summed E-state index contributed by atoms with van der Waals surface area (Å²) in [7, 11) is 0. The lowest BCUT2D eigenvalue weighted by molar-refractivity contribution is 1.00. The second-order valence-corrected chi connectivity index (χ2v) is 7.46. The van der Waals surface area contributed by atoms with Gasteiger partial charge in [-0.15, -0.1) is 0 Å². The lowest BCUT2D eigenvalue weighted by Gasteiger charge is -2.23. The van der Waals surface area contributed by atoms with Gasteiger partial charge in [0.1, 0.15) is 0 Å². The molecule has 0 aliphatic heterocycles. The van der Waals surface area contributed by atoms with E-state index in [1.165, 1.54) is 0 Å². The molecule has 2 N–H and O–H groups in total. The van der Waals surface area contributed by atoms with E-state index < -0.39 is 0 Å². The molecule has 2 aromatic heterocycles. The number of hydrogen-bond acceptors (Lipinski definition) is 4. The second-order valence-electron chi connectivity index (χ2n) is 7.46. The largest absolute Gasteiger partial charge is 0.322 e. The predicted octanol–water partition coefficient (Wildman–Crippen LogP) is 6.07. The fraction of sp³-hybridized carbons (Fsp3) is 0. The number of rotatable bonds is 5. The minimum atomic E-state index is 0.684. The maximum absolute atomic E-state index is 4.90. The van der Waals surface area contributed by atoms with Crippen LogP contribution < -0.4 is 10.4 Å². The summed E-state index contributed by atoms with van der Waals surface area (Å²) in [6, 6.07) is 36.5. The Morgan fingerprint density at radius 3 is 2.09 bits per heavy atom. The molecule has 4 aromatic carbocycles. The topological polar surface area (TPSA) is 61.8 Å². The van der Waals surface area contributed by atoms with Crippen LogP contribution in [0.4, 0.5) is 17.6 Å². The SMILES string of the molecule is c1ccc(N(Nc2nc3ccccc3n2-c2ccccc2)c2nc3ccccc3[nH]2)cc1. The van der Waals surface area contributed by atoms with Crippen molar-refractivity contribution in [3.63, 3.8) is 0 Å². The Morgan fingerprint density at radius 1 is 0.656 bits per heavy atom. The van der Waals surface area contributed by atoms with E-state index in [-0.39, 0.29) is 0 Å². The van der Waals surface area contributed by atoms with E-state index in [1.54, 1.807) is 0 Å². The smallest absolute Gasteiger partial charge is 0.228 e. The van der Waals surface area contributed by atoms with Gasteiger partial charge in [0.25, 0.3) is 0 Å². The molecular weight excluding hydrogens is 396 g/mol. The molecule has 6 nitrogen and oxygen atoms in total. The first-order valence-electron chi connectivity index (χ1n) is 10.5. The zero-order valence-electron chi connectivity index (χ0n) is 17.2. The number of fused-ring (bicyclic) bond motifs is 2. The average Bonchev–Trinajstić information content (AvgIpc) is 3.44. The van der Waals surface area contributed by atoms with Crippen molar-refractivity contribution in [1.29, 1.82) is 0 Å². The fourth-order valence-corrected chi connectivity index (χ4v) is 3.90. The Labute approximate surface area is 184 Å². The minimum Gasteiger partial charge on any atom is -0.322 e. The van der Waals surface area contributed by atoms with Crippen molar-refractivity contribution in [1.82, 2.24) is 19.5 Å². The molecule has 6 aromatic rings. The molecule has 32 heavy (non-hydrogen) atoms. The molecule has 0 saturated heterocycles. The van der Waals surface area contributed by atoms with Gasteiger partial charge in [-0.1, -0.05) is 60.7 Å². The third-order valence-electron chi connectivity index (χ3n) is 5.39. The van der Waals surface area contributed by atoms with Gasteiger partial charge < -0.3 is 4.98 Å². The van der Waals surface area contributed by atoms with Gasteiger partial charge in [-0.2, -0.15) is 0 Å². The molecule has 0 unspecified atom stereocenters. The van der Waals surface area contributed by atoms with Crippen LogP contribution in [-0.2, 0) is 0 Å². The molecule has 6 rings (SSSR count). The van der Waals surface area contributed by atoms with Gasteiger partial charge in [-0.3, -0.25) is 9.99 Å². The van der Waals surface area contributed by atoms with Crippen LogP contribution in [0.1, 0.15) is 0 Å². The van der Waals surface area contributed by atoms with Gasteiger partial charge >= 0.3 is 0 Å². The van der Waals surface area contributed by atoms with Crippen molar-refractivity contribution in [3.05, 3.63) is 109 Å². The number of hydrazine groups is 1.